The summed E-state index contributed by atoms with van der Waals surface area (Å²) in [6, 6.07) is 17.6. The van der Waals surface area contributed by atoms with Crippen LogP contribution in [-0.2, 0) is 0 Å². The summed E-state index contributed by atoms with van der Waals surface area (Å²) in [5.74, 6) is 0.948. The van der Waals surface area contributed by atoms with Crippen molar-refractivity contribution in [3.63, 3.8) is 0 Å². The molecular formula is C20H13BrFNO. The summed E-state index contributed by atoms with van der Waals surface area (Å²) < 4.78 is 19.8. The highest BCUT2D eigenvalue weighted by molar-refractivity contribution is 9.10. The standard InChI is InChI=1S/C20H13BrFNO/c1-13-2-8-18(19(21)10-13)20-9-7-17(24-20)11-15(12-23)14-3-5-16(22)6-4-14/h2-11H,1H3/b15-11-. The molecule has 0 unspecified atom stereocenters. The van der Waals surface area contributed by atoms with Crippen molar-refractivity contribution < 1.29 is 8.81 Å². The molecule has 0 bridgehead atoms. The Morgan fingerprint density at radius 2 is 1.88 bits per heavy atom. The van der Waals surface area contributed by atoms with Gasteiger partial charge in [0.25, 0.3) is 0 Å². The van der Waals surface area contributed by atoms with E-state index in [-0.39, 0.29) is 5.82 Å². The quantitative estimate of drug-likeness (QED) is 0.504. The summed E-state index contributed by atoms with van der Waals surface area (Å²) >= 11 is 3.54. The third kappa shape index (κ3) is 3.47. The molecule has 0 radical (unpaired) electrons. The number of halogens is 2. The first kappa shape index (κ1) is 16.2. The number of aryl methyl sites for hydroxylation is 1. The first-order valence-corrected chi connectivity index (χ1v) is 8.10. The van der Waals surface area contributed by atoms with Crippen LogP contribution in [0.15, 0.2) is 63.5 Å². The van der Waals surface area contributed by atoms with E-state index in [2.05, 4.69) is 22.0 Å². The van der Waals surface area contributed by atoms with Crippen LogP contribution < -0.4 is 0 Å². The molecule has 0 N–H and O–H groups in total. The maximum atomic E-state index is 13.0. The van der Waals surface area contributed by atoms with Gasteiger partial charge in [-0.1, -0.05) is 34.1 Å². The van der Waals surface area contributed by atoms with Gasteiger partial charge in [-0.05, 0) is 60.5 Å². The zero-order chi connectivity index (χ0) is 17.1. The predicted molar refractivity (Wildman–Crippen MR) is 96.5 cm³/mol. The fourth-order valence-corrected chi connectivity index (χ4v) is 3.04. The fraction of sp³-hybridized carbons (Fsp3) is 0.0500. The molecule has 0 saturated heterocycles. The molecule has 2 nitrogen and oxygen atoms in total. The topological polar surface area (TPSA) is 36.9 Å². The summed E-state index contributed by atoms with van der Waals surface area (Å²) in [6.45, 7) is 2.02. The number of nitriles is 1. The van der Waals surface area contributed by atoms with Crippen LogP contribution in [0.3, 0.4) is 0 Å². The summed E-state index contributed by atoms with van der Waals surface area (Å²) in [5, 5.41) is 9.35. The highest BCUT2D eigenvalue weighted by Crippen LogP contribution is 2.31. The summed E-state index contributed by atoms with van der Waals surface area (Å²) in [6.07, 6.45) is 1.65. The highest BCUT2D eigenvalue weighted by Gasteiger charge is 2.09. The molecule has 2 aromatic carbocycles. The largest absolute Gasteiger partial charge is 0.457 e. The molecule has 0 aliphatic carbocycles. The van der Waals surface area contributed by atoms with Gasteiger partial charge < -0.3 is 4.42 Å². The number of hydrogen-bond acceptors (Lipinski definition) is 2. The lowest BCUT2D eigenvalue weighted by Crippen LogP contribution is -1.82. The fourth-order valence-electron chi connectivity index (χ4n) is 2.35. The molecule has 118 valence electrons. The van der Waals surface area contributed by atoms with Crippen molar-refractivity contribution in [3.8, 4) is 17.4 Å². The number of hydrogen-bond donors (Lipinski definition) is 0. The van der Waals surface area contributed by atoms with Crippen molar-refractivity contribution in [1.29, 1.82) is 5.26 Å². The SMILES string of the molecule is Cc1ccc(-c2ccc(/C=C(/C#N)c3ccc(F)cc3)o2)c(Br)c1. The average Bonchev–Trinajstić information content (AvgIpc) is 3.02. The number of furan rings is 1. The van der Waals surface area contributed by atoms with Crippen LogP contribution in [0.25, 0.3) is 23.0 Å². The molecule has 0 atom stereocenters. The van der Waals surface area contributed by atoms with Crippen LogP contribution in [0, 0.1) is 24.1 Å². The van der Waals surface area contributed by atoms with Crippen molar-refractivity contribution >= 4 is 27.6 Å². The molecule has 24 heavy (non-hydrogen) atoms. The molecule has 4 heteroatoms. The smallest absolute Gasteiger partial charge is 0.135 e. The molecule has 3 rings (SSSR count). The van der Waals surface area contributed by atoms with Crippen LogP contribution in [0.2, 0.25) is 0 Å². The summed E-state index contributed by atoms with van der Waals surface area (Å²) in [5.41, 5.74) is 3.16. The summed E-state index contributed by atoms with van der Waals surface area (Å²) in [7, 11) is 0. The van der Waals surface area contributed by atoms with E-state index in [9.17, 15) is 9.65 Å². The summed E-state index contributed by atoms with van der Waals surface area (Å²) in [4.78, 5) is 0. The maximum absolute atomic E-state index is 13.0. The van der Waals surface area contributed by atoms with E-state index in [1.165, 1.54) is 12.1 Å². The van der Waals surface area contributed by atoms with Gasteiger partial charge in [0.1, 0.15) is 17.3 Å². The number of benzene rings is 2. The van der Waals surface area contributed by atoms with Crippen molar-refractivity contribution in [2.24, 2.45) is 0 Å². The van der Waals surface area contributed by atoms with E-state index in [0.29, 0.717) is 22.7 Å². The minimum absolute atomic E-state index is 0.333. The van der Waals surface area contributed by atoms with E-state index in [1.54, 1.807) is 18.2 Å². The van der Waals surface area contributed by atoms with E-state index in [4.69, 9.17) is 4.42 Å². The van der Waals surface area contributed by atoms with Gasteiger partial charge in [-0.2, -0.15) is 5.26 Å². The lowest BCUT2D eigenvalue weighted by molar-refractivity contribution is 0.571. The zero-order valence-corrected chi connectivity index (χ0v) is 14.5. The lowest BCUT2D eigenvalue weighted by Gasteiger charge is -2.02. The Labute approximate surface area is 148 Å². The van der Waals surface area contributed by atoms with Gasteiger partial charge in [0.2, 0.25) is 0 Å². The molecule has 3 aromatic rings. The molecular weight excluding hydrogens is 369 g/mol. The lowest BCUT2D eigenvalue weighted by atomic mass is 10.1. The van der Waals surface area contributed by atoms with Gasteiger partial charge in [0, 0.05) is 10.0 Å². The van der Waals surface area contributed by atoms with Crippen LogP contribution in [-0.4, -0.2) is 0 Å². The second-order valence-electron chi connectivity index (χ2n) is 5.36. The molecule has 0 aliphatic rings. The first-order valence-electron chi connectivity index (χ1n) is 7.31. The van der Waals surface area contributed by atoms with Crippen molar-refractivity contribution in [2.45, 2.75) is 6.92 Å². The van der Waals surface area contributed by atoms with Gasteiger partial charge in [0.15, 0.2) is 0 Å². The van der Waals surface area contributed by atoms with Gasteiger partial charge in [0.05, 0.1) is 11.6 Å². The second kappa shape index (κ2) is 6.86. The van der Waals surface area contributed by atoms with Crippen LogP contribution >= 0.6 is 15.9 Å². The molecule has 1 heterocycles. The minimum atomic E-state index is -0.333. The van der Waals surface area contributed by atoms with Crippen LogP contribution in [0.4, 0.5) is 4.39 Å². The first-order chi connectivity index (χ1) is 11.6. The van der Waals surface area contributed by atoms with E-state index in [0.717, 1.165) is 15.6 Å². The Balaban J connectivity index is 1.95. The number of nitrogens with zero attached hydrogens (tertiary/aromatic N) is 1. The van der Waals surface area contributed by atoms with Gasteiger partial charge in [-0.3, -0.25) is 0 Å². The third-order valence-electron chi connectivity index (χ3n) is 3.58. The van der Waals surface area contributed by atoms with Crippen LogP contribution in [0.1, 0.15) is 16.9 Å². The van der Waals surface area contributed by atoms with Gasteiger partial charge in [-0.15, -0.1) is 0 Å². The highest BCUT2D eigenvalue weighted by atomic mass is 79.9. The normalized spacial score (nSPS) is 11.3. The maximum Gasteiger partial charge on any atom is 0.135 e. The molecule has 0 aliphatic heterocycles. The molecule has 0 spiro atoms. The zero-order valence-electron chi connectivity index (χ0n) is 12.9. The molecule has 0 saturated carbocycles. The Morgan fingerprint density at radius 1 is 1.12 bits per heavy atom. The van der Waals surface area contributed by atoms with E-state index < -0.39 is 0 Å². The molecule has 1 aromatic heterocycles. The van der Waals surface area contributed by atoms with E-state index in [1.807, 2.05) is 37.3 Å². The third-order valence-corrected chi connectivity index (χ3v) is 4.24. The molecule has 0 fully saturated rings. The van der Waals surface area contributed by atoms with Crippen molar-refractivity contribution in [2.75, 3.05) is 0 Å². The Bertz CT molecular complexity index is 949. The van der Waals surface area contributed by atoms with Crippen molar-refractivity contribution in [1.82, 2.24) is 0 Å². The number of allylic oxidation sites excluding steroid dienone is 1. The monoisotopic (exact) mass is 381 g/mol. The Hall–Kier alpha value is -2.64. The Morgan fingerprint density at radius 3 is 2.54 bits per heavy atom. The van der Waals surface area contributed by atoms with Crippen LogP contribution in [0.5, 0.6) is 0 Å². The van der Waals surface area contributed by atoms with E-state index >= 15 is 0 Å². The number of rotatable bonds is 3. The average molecular weight is 382 g/mol. The second-order valence-corrected chi connectivity index (χ2v) is 6.22. The predicted octanol–water partition coefficient (Wildman–Crippen LogP) is 6.22. The molecule has 0 amide bonds. The Kier molecular flexibility index (Phi) is 4.64. The van der Waals surface area contributed by atoms with Gasteiger partial charge >= 0.3 is 0 Å². The van der Waals surface area contributed by atoms with Crippen molar-refractivity contribution in [3.05, 3.63) is 81.8 Å². The van der Waals surface area contributed by atoms with Gasteiger partial charge in [-0.25, -0.2) is 4.39 Å². The minimum Gasteiger partial charge on any atom is -0.457 e.